The van der Waals surface area contributed by atoms with Crippen LogP contribution in [0.2, 0.25) is 0 Å². The molecule has 0 radical (unpaired) electrons. The molecule has 2 aliphatic carbocycles. The minimum absolute atomic E-state index is 0.00270. The number of amides is 2. The number of pyridine rings is 1. The number of halogens is 1. The molecule has 2 fully saturated rings. The Morgan fingerprint density at radius 3 is 2.72 bits per heavy atom. The highest BCUT2D eigenvalue weighted by Crippen LogP contribution is 2.56. The number of carbonyl (C=O) groups is 2. The summed E-state index contributed by atoms with van der Waals surface area (Å²) in [5.41, 5.74) is 6.75. The average molecular weight is 455 g/mol. The number of ether oxygens (including phenoxy) is 1. The molecule has 0 saturated heterocycles. The monoisotopic (exact) mass is 454 g/mol. The van der Waals surface area contributed by atoms with Crippen molar-refractivity contribution in [3.05, 3.63) is 57.7 Å². The van der Waals surface area contributed by atoms with E-state index in [1.165, 1.54) is 0 Å². The molecular weight excluding hydrogens is 436 g/mol. The summed E-state index contributed by atoms with van der Waals surface area (Å²) in [6.07, 6.45) is 5.09. The summed E-state index contributed by atoms with van der Waals surface area (Å²) in [6, 6.07) is 10.4. The van der Waals surface area contributed by atoms with E-state index >= 15 is 0 Å². The number of primary amides is 1. The fourth-order valence-corrected chi connectivity index (χ4v) is 4.79. The molecule has 1 aromatic heterocycles. The second-order valence-electron chi connectivity index (χ2n) is 7.79. The molecule has 1 aromatic carbocycles. The van der Waals surface area contributed by atoms with E-state index in [1.54, 1.807) is 36.5 Å². The van der Waals surface area contributed by atoms with E-state index < -0.39 is 5.91 Å². The van der Waals surface area contributed by atoms with E-state index in [9.17, 15) is 9.59 Å². The molecule has 0 bridgehead atoms. The van der Waals surface area contributed by atoms with Crippen LogP contribution in [-0.2, 0) is 0 Å². The van der Waals surface area contributed by atoms with Crippen LogP contribution in [0.15, 0.2) is 41.0 Å². The van der Waals surface area contributed by atoms with Gasteiger partial charge in [-0.3, -0.25) is 9.59 Å². The van der Waals surface area contributed by atoms with E-state index in [2.05, 4.69) is 32.3 Å². The standard InChI is InChI=1S/C21H19BrN4O3/c22-14-5-12(11-23)4-13(6-14)19(28)26-15-7-21(8-15)9-16(10-21)29-20-17(18(24)27)2-1-3-25-20/h1-6,15-16H,7-10H2,(H2,24,27)(H,26,28). The van der Waals surface area contributed by atoms with E-state index in [1.807, 2.05) is 0 Å². The van der Waals surface area contributed by atoms with Gasteiger partial charge < -0.3 is 15.8 Å². The van der Waals surface area contributed by atoms with Crippen molar-refractivity contribution < 1.29 is 14.3 Å². The van der Waals surface area contributed by atoms with Gasteiger partial charge in [-0.25, -0.2) is 4.98 Å². The number of carbonyl (C=O) groups excluding carboxylic acids is 2. The number of benzene rings is 1. The highest BCUT2D eigenvalue weighted by atomic mass is 79.9. The fourth-order valence-electron chi connectivity index (χ4n) is 4.29. The topological polar surface area (TPSA) is 118 Å². The van der Waals surface area contributed by atoms with Gasteiger partial charge in [0.25, 0.3) is 11.8 Å². The number of nitrogens with two attached hydrogens (primary N) is 1. The maximum Gasteiger partial charge on any atom is 0.254 e. The minimum Gasteiger partial charge on any atom is -0.474 e. The predicted octanol–water partition coefficient (Wildman–Crippen LogP) is 2.93. The van der Waals surface area contributed by atoms with Crippen molar-refractivity contribution in [3.63, 3.8) is 0 Å². The molecule has 4 rings (SSSR count). The summed E-state index contributed by atoms with van der Waals surface area (Å²) in [7, 11) is 0. The number of nitrogens with one attached hydrogen (secondary N) is 1. The van der Waals surface area contributed by atoms with Gasteiger partial charge in [-0.2, -0.15) is 5.26 Å². The molecule has 1 heterocycles. The third-order valence-electron chi connectivity index (χ3n) is 5.62. The van der Waals surface area contributed by atoms with Gasteiger partial charge in [0.15, 0.2) is 0 Å². The van der Waals surface area contributed by atoms with Gasteiger partial charge in [-0.05, 0) is 61.4 Å². The lowest BCUT2D eigenvalue weighted by molar-refractivity contribution is -0.0848. The third kappa shape index (κ3) is 3.96. The lowest BCUT2D eigenvalue weighted by Gasteiger charge is -2.57. The van der Waals surface area contributed by atoms with Crippen LogP contribution in [0.3, 0.4) is 0 Å². The first-order chi connectivity index (χ1) is 13.9. The summed E-state index contributed by atoms with van der Waals surface area (Å²) in [5, 5.41) is 12.1. The van der Waals surface area contributed by atoms with Crippen molar-refractivity contribution in [2.24, 2.45) is 11.1 Å². The highest BCUT2D eigenvalue weighted by Gasteiger charge is 2.54. The molecule has 0 aliphatic heterocycles. The second kappa shape index (κ2) is 7.48. The van der Waals surface area contributed by atoms with Crippen LogP contribution in [0.5, 0.6) is 5.88 Å². The third-order valence-corrected chi connectivity index (χ3v) is 6.08. The zero-order valence-electron chi connectivity index (χ0n) is 15.5. The quantitative estimate of drug-likeness (QED) is 0.719. The number of rotatable bonds is 5. The molecule has 29 heavy (non-hydrogen) atoms. The van der Waals surface area contributed by atoms with Gasteiger partial charge in [0.2, 0.25) is 5.88 Å². The smallest absolute Gasteiger partial charge is 0.254 e. The molecule has 148 valence electrons. The SMILES string of the molecule is N#Cc1cc(Br)cc(C(=O)NC2CC3(C2)CC(Oc2ncccc2C(N)=O)C3)c1. The first kappa shape index (κ1) is 19.4. The summed E-state index contributed by atoms with van der Waals surface area (Å²) < 4.78 is 6.57. The molecule has 3 N–H and O–H groups in total. The maximum atomic E-state index is 12.5. The molecule has 2 amide bonds. The Balaban J connectivity index is 1.28. The highest BCUT2D eigenvalue weighted by molar-refractivity contribution is 9.10. The molecular formula is C21H19BrN4O3. The molecule has 0 unspecified atom stereocenters. The zero-order valence-corrected chi connectivity index (χ0v) is 17.1. The van der Waals surface area contributed by atoms with Gasteiger partial charge in [0, 0.05) is 22.3 Å². The number of aromatic nitrogens is 1. The van der Waals surface area contributed by atoms with Crippen molar-refractivity contribution in [2.75, 3.05) is 0 Å². The van der Waals surface area contributed by atoms with Crippen LogP contribution in [0.4, 0.5) is 0 Å². The van der Waals surface area contributed by atoms with Crippen molar-refractivity contribution in [1.29, 1.82) is 5.26 Å². The molecule has 0 atom stereocenters. The lowest BCUT2D eigenvalue weighted by Crippen LogP contribution is -2.58. The maximum absolute atomic E-state index is 12.5. The van der Waals surface area contributed by atoms with E-state index in [4.69, 9.17) is 15.7 Å². The molecule has 2 saturated carbocycles. The van der Waals surface area contributed by atoms with Crippen molar-refractivity contribution in [1.82, 2.24) is 10.3 Å². The Hall–Kier alpha value is -2.92. The summed E-state index contributed by atoms with van der Waals surface area (Å²) in [4.78, 5) is 28.1. The van der Waals surface area contributed by atoms with Gasteiger partial charge in [-0.1, -0.05) is 15.9 Å². The fraction of sp³-hybridized carbons (Fsp3) is 0.333. The van der Waals surface area contributed by atoms with Crippen LogP contribution >= 0.6 is 15.9 Å². The van der Waals surface area contributed by atoms with E-state index in [-0.39, 0.29) is 34.9 Å². The van der Waals surface area contributed by atoms with Crippen LogP contribution < -0.4 is 15.8 Å². The number of hydrogen-bond acceptors (Lipinski definition) is 5. The van der Waals surface area contributed by atoms with Gasteiger partial charge in [-0.15, -0.1) is 0 Å². The lowest BCUT2D eigenvalue weighted by atomic mass is 9.53. The Labute approximate surface area is 176 Å². The predicted molar refractivity (Wildman–Crippen MR) is 108 cm³/mol. The average Bonchev–Trinajstić information content (AvgIpc) is 2.64. The van der Waals surface area contributed by atoms with Gasteiger partial charge >= 0.3 is 0 Å². The number of nitriles is 1. The number of hydrogen-bond donors (Lipinski definition) is 2. The van der Waals surface area contributed by atoms with Crippen LogP contribution in [0.1, 0.15) is 52.0 Å². The molecule has 2 aliphatic rings. The van der Waals surface area contributed by atoms with E-state index in [0.29, 0.717) is 15.6 Å². The Kier molecular flexibility index (Phi) is 5.01. The molecule has 7 nitrogen and oxygen atoms in total. The Morgan fingerprint density at radius 1 is 1.28 bits per heavy atom. The van der Waals surface area contributed by atoms with Crippen LogP contribution in [-0.4, -0.2) is 28.9 Å². The first-order valence-electron chi connectivity index (χ1n) is 9.30. The zero-order chi connectivity index (χ0) is 20.6. The molecule has 2 aromatic rings. The van der Waals surface area contributed by atoms with E-state index in [0.717, 1.165) is 25.7 Å². The van der Waals surface area contributed by atoms with Gasteiger partial charge in [0.1, 0.15) is 11.7 Å². The Morgan fingerprint density at radius 2 is 2.03 bits per heavy atom. The minimum atomic E-state index is -0.555. The Bertz CT molecular complexity index is 1020. The molecule has 1 spiro atoms. The van der Waals surface area contributed by atoms with Crippen LogP contribution in [0.25, 0.3) is 0 Å². The summed E-state index contributed by atoms with van der Waals surface area (Å²) in [6.45, 7) is 0. The second-order valence-corrected chi connectivity index (χ2v) is 8.70. The van der Waals surface area contributed by atoms with Gasteiger partial charge in [0.05, 0.1) is 11.6 Å². The van der Waals surface area contributed by atoms with Crippen molar-refractivity contribution in [3.8, 4) is 11.9 Å². The first-order valence-corrected chi connectivity index (χ1v) is 10.1. The molecule has 8 heteroatoms. The largest absolute Gasteiger partial charge is 0.474 e. The van der Waals surface area contributed by atoms with Crippen molar-refractivity contribution >= 4 is 27.7 Å². The van der Waals surface area contributed by atoms with Crippen LogP contribution in [0, 0.1) is 16.7 Å². The summed E-state index contributed by atoms with van der Waals surface area (Å²) in [5.74, 6) is -0.443. The number of nitrogens with zero attached hydrogens (tertiary/aromatic N) is 2. The normalized spacial score (nSPS) is 24.7. The van der Waals surface area contributed by atoms with Crippen molar-refractivity contribution in [2.45, 2.75) is 37.8 Å². The summed E-state index contributed by atoms with van der Waals surface area (Å²) >= 11 is 3.33.